The van der Waals surface area contributed by atoms with Crippen LogP contribution in [-0.2, 0) is 24.6 Å². The summed E-state index contributed by atoms with van der Waals surface area (Å²) in [7, 11) is 5.87. The molecule has 2 aromatic rings. The first-order chi connectivity index (χ1) is 12.7. The summed E-state index contributed by atoms with van der Waals surface area (Å²) in [5.41, 5.74) is 0.825. The summed E-state index contributed by atoms with van der Waals surface area (Å²) in [6, 6.07) is 5.30. The summed E-state index contributed by atoms with van der Waals surface area (Å²) >= 11 is 0.898. The summed E-state index contributed by atoms with van der Waals surface area (Å²) in [6.07, 6.45) is -4.59. The molecule has 0 saturated carbocycles. The highest BCUT2D eigenvalue weighted by molar-refractivity contribution is 7.99. The molecule has 0 N–H and O–H groups in total. The van der Waals surface area contributed by atoms with Crippen LogP contribution in [0.2, 0.25) is 0 Å². The van der Waals surface area contributed by atoms with Crippen molar-refractivity contribution in [1.29, 1.82) is 0 Å². The molecule has 0 aliphatic carbocycles. The van der Waals surface area contributed by atoms with Crippen molar-refractivity contribution in [2.45, 2.75) is 17.9 Å². The van der Waals surface area contributed by atoms with Crippen LogP contribution in [0.1, 0.15) is 11.4 Å². The molecular formula is C16H19F3N4O3S. The molecule has 1 aromatic heterocycles. The van der Waals surface area contributed by atoms with Crippen molar-refractivity contribution in [2.24, 2.45) is 7.05 Å². The van der Waals surface area contributed by atoms with Gasteiger partial charge < -0.3 is 18.9 Å². The molecular weight excluding hydrogens is 385 g/mol. The number of thioether (sulfide) groups is 1. The average Bonchev–Trinajstić information content (AvgIpc) is 3.00. The summed E-state index contributed by atoms with van der Waals surface area (Å²) in [5.74, 6) is -0.298. The molecule has 27 heavy (non-hydrogen) atoms. The molecule has 1 amide bonds. The topological polar surface area (TPSA) is 69.5 Å². The van der Waals surface area contributed by atoms with Gasteiger partial charge in [-0.1, -0.05) is 17.8 Å². The number of amides is 1. The molecule has 0 radical (unpaired) electrons. The minimum absolute atomic E-state index is 0.0233. The lowest BCUT2D eigenvalue weighted by Gasteiger charge is -2.18. The van der Waals surface area contributed by atoms with Crippen LogP contribution >= 0.6 is 11.8 Å². The third-order valence-electron chi connectivity index (χ3n) is 3.71. The van der Waals surface area contributed by atoms with Crippen LogP contribution in [0.15, 0.2) is 23.4 Å². The minimum Gasteiger partial charge on any atom is -0.493 e. The monoisotopic (exact) mass is 404 g/mol. The predicted octanol–water partition coefficient (Wildman–Crippen LogP) is 2.60. The maximum atomic E-state index is 12.7. The van der Waals surface area contributed by atoms with E-state index in [9.17, 15) is 18.0 Å². The molecule has 2 rings (SSSR count). The van der Waals surface area contributed by atoms with Gasteiger partial charge in [0.05, 0.1) is 20.0 Å². The van der Waals surface area contributed by atoms with E-state index in [4.69, 9.17) is 9.47 Å². The first-order valence-electron chi connectivity index (χ1n) is 7.71. The zero-order valence-electron chi connectivity index (χ0n) is 15.2. The number of alkyl halides is 3. The number of hydrogen-bond donors (Lipinski definition) is 0. The fourth-order valence-electron chi connectivity index (χ4n) is 2.26. The van der Waals surface area contributed by atoms with Crippen LogP contribution in [-0.4, -0.2) is 52.6 Å². The molecule has 0 spiro atoms. The lowest BCUT2D eigenvalue weighted by atomic mass is 10.2. The number of carbonyl (C=O) groups is 1. The Balaban J connectivity index is 1.98. The maximum absolute atomic E-state index is 12.7. The normalized spacial score (nSPS) is 11.4. The van der Waals surface area contributed by atoms with Gasteiger partial charge in [0.15, 0.2) is 16.7 Å². The third kappa shape index (κ3) is 5.06. The van der Waals surface area contributed by atoms with Crippen molar-refractivity contribution in [3.05, 3.63) is 29.6 Å². The smallest absolute Gasteiger partial charge is 0.451 e. The summed E-state index contributed by atoms with van der Waals surface area (Å²) < 4.78 is 49.4. The minimum atomic E-state index is -4.59. The molecule has 0 aliphatic rings. The van der Waals surface area contributed by atoms with E-state index in [1.807, 2.05) is 0 Å². The van der Waals surface area contributed by atoms with E-state index in [1.165, 1.54) is 26.2 Å². The Bertz CT molecular complexity index is 811. The molecule has 1 aromatic carbocycles. The second kappa shape index (κ2) is 8.51. The zero-order chi connectivity index (χ0) is 20.2. The predicted molar refractivity (Wildman–Crippen MR) is 92.7 cm³/mol. The Kier molecular flexibility index (Phi) is 6.58. The Labute approximate surface area is 158 Å². The van der Waals surface area contributed by atoms with Crippen molar-refractivity contribution in [3.63, 3.8) is 0 Å². The maximum Gasteiger partial charge on any atom is 0.451 e. The first kappa shape index (κ1) is 20.9. The number of rotatable bonds is 7. The van der Waals surface area contributed by atoms with E-state index in [-0.39, 0.29) is 16.8 Å². The molecule has 11 heteroatoms. The van der Waals surface area contributed by atoms with Crippen molar-refractivity contribution < 1.29 is 27.4 Å². The summed E-state index contributed by atoms with van der Waals surface area (Å²) in [5, 5.41) is 6.65. The van der Waals surface area contributed by atoms with Gasteiger partial charge in [0.25, 0.3) is 0 Å². The SMILES string of the molecule is COc1ccc(CN(C)C(=O)CSc2nnc(C(F)(F)F)n2C)cc1OC. The van der Waals surface area contributed by atoms with E-state index >= 15 is 0 Å². The fraction of sp³-hybridized carbons (Fsp3) is 0.438. The van der Waals surface area contributed by atoms with Gasteiger partial charge in [-0.3, -0.25) is 4.79 Å². The van der Waals surface area contributed by atoms with Gasteiger partial charge in [-0.15, -0.1) is 10.2 Å². The van der Waals surface area contributed by atoms with Crippen molar-refractivity contribution in [3.8, 4) is 11.5 Å². The van der Waals surface area contributed by atoms with Crippen LogP contribution in [0.4, 0.5) is 13.2 Å². The van der Waals surface area contributed by atoms with Gasteiger partial charge in [0.1, 0.15) is 0 Å². The Morgan fingerprint density at radius 3 is 2.44 bits per heavy atom. The highest BCUT2D eigenvalue weighted by atomic mass is 32.2. The highest BCUT2D eigenvalue weighted by Gasteiger charge is 2.37. The second-order valence-electron chi connectivity index (χ2n) is 5.59. The molecule has 0 aliphatic heterocycles. The number of aromatic nitrogens is 3. The van der Waals surface area contributed by atoms with Gasteiger partial charge >= 0.3 is 6.18 Å². The number of ether oxygens (including phenoxy) is 2. The molecule has 0 atom stereocenters. The van der Waals surface area contributed by atoms with E-state index in [0.717, 1.165) is 21.9 Å². The van der Waals surface area contributed by atoms with Crippen molar-refractivity contribution in [2.75, 3.05) is 27.0 Å². The van der Waals surface area contributed by atoms with Crippen molar-refractivity contribution >= 4 is 17.7 Å². The number of halogens is 3. The van der Waals surface area contributed by atoms with Crippen LogP contribution in [0, 0.1) is 0 Å². The van der Waals surface area contributed by atoms with E-state index in [0.29, 0.717) is 18.0 Å². The first-order valence-corrected chi connectivity index (χ1v) is 8.70. The molecule has 0 fully saturated rings. The number of benzene rings is 1. The van der Waals surface area contributed by atoms with Crippen LogP contribution in [0.5, 0.6) is 11.5 Å². The highest BCUT2D eigenvalue weighted by Crippen LogP contribution is 2.30. The van der Waals surface area contributed by atoms with Crippen LogP contribution in [0.3, 0.4) is 0 Å². The fourth-order valence-corrected chi connectivity index (χ4v) is 3.12. The average molecular weight is 404 g/mol. The lowest BCUT2D eigenvalue weighted by Crippen LogP contribution is -2.28. The number of hydrogen-bond acceptors (Lipinski definition) is 6. The lowest BCUT2D eigenvalue weighted by molar-refractivity contribution is -0.147. The van der Waals surface area contributed by atoms with Gasteiger partial charge in [0, 0.05) is 20.6 Å². The quantitative estimate of drug-likeness (QED) is 0.661. The molecule has 0 saturated heterocycles. The standard InChI is InChI=1S/C16H19F3N4O3S/c1-22(8-10-5-6-11(25-3)12(7-10)26-4)13(24)9-27-15-21-20-14(23(15)2)16(17,18)19/h5-7H,8-9H2,1-4H3. The van der Waals surface area contributed by atoms with Gasteiger partial charge in [0.2, 0.25) is 11.7 Å². The molecule has 0 bridgehead atoms. The Morgan fingerprint density at radius 2 is 1.89 bits per heavy atom. The number of carbonyl (C=O) groups excluding carboxylic acids is 1. The van der Waals surface area contributed by atoms with E-state index < -0.39 is 12.0 Å². The van der Waals surface area contributed by atoms with E-state index in [2.05, 4.69) is 10.2 Å². The van der Waals surface area contributed by atoms with Gasteiger partial charge in [-0.05, 0) is 17.7 Å². The number of nitrogens with zero attached hydrogens (tertiary/aromatic N) is 4. The van der Waals surface area contributed by atoms with Gasteiger partial charge in [-0.2, -0.15) is 13.2 Å². The molecule has 148 valence electrons. The Morgan fingerprint density at radius 1 is 1.22 bits per heavy atom. The largest absolute Gasteiger partial charge is 0.493 e. The Hall–Kier alpha value is -2.43. The zero-order valence-corrected chi connectivity index (χ0v) is 16.0. The second-order valence-corrected chi connectivity index (χ2v) is 6.53. The number of methoxy groups -OCH3 is 2. The van der Waals surface area contributed by atoms with E-state index in [1.54, 1.807) is 25.2 Å². The van der Waals surface area contributed by atoms with Crippen molar-refractivity contribution in [1.82, 2.24) is 19.7 Å². The van der Waals surface area contributed by atoms with Crippen LogP contribution in [0.25, 0.3) is 0 Å². The molecule has 1 heterocycles. The summed E-state index contributed by atoms with van der Waals surface area (Å²) in [6.45, 7) is 0.312. The molecule has 7 nitrogen and oxygen atoms in total. The van der Waals surface area contributed by atoms with Crippen LogP contribution < -0.4 is 9.47 Å². The summed E-state index contributed by atoms with van der Waals surface area (Å²) in [4.78, 5) is 13.8. The molecule has 0 unspecified atom stereocenters. The van der Waals surface area contributed by atoms with Gasteiger partial charge in [-0.25, -0.2) is 0 Å². The third-order valence-corrected chi connectivity index (χ3v) is 4.71.